The number of nitrogens with two attached hydrogens (primary N) is 1. The molecule has 0 aromatic heterocycles. The number of likely N-dealkylation sites (tertiary alicyclic amines) is 1. The molecule has 1 saturated heterocycles. The highest BCUT2D eigenvalue weighted by Crippen LogP contribution is 2.34. The summed E-state index contributed by atoms with van der Waals surface area (Å²) < 4.78 is 0. The van der Waals surface area contributed by atoms with Crippen molar-refractivity contribution in [2.75, 3.05) is 19.6 Å². The maximum atomic E-state index is 11.2. The summed E-state index contributed by atoms with van der Waals surface area (Å²) in [6.07, 6.45) is 7.59. The zero-order valence-electron chi connectivity index (χ0n) is 12.1. The SMILES string of the molecule is CCC(N)(CCCN1CC2CCCC(C2)C1)C(=O)O. The van der Waals surface area contributed by atoms with E-state index >= 15 is 0 Å². The van der Waals surface area contributed by atoms with Gasteiger partial charge in [-0.25, -0.2) is 0 Å². The number of piperidine rings is 1. The smallest absolute Gasteiger partial charge is 0.323 e. The van der Waals surface area contributed by atoms with Crippen molar-refractivity contribution < 1.29 is 9.90 Å². The minimum absolute atomic E-state index is 0.508. The minimum atomic E-state index is -1.02. The Hall–Kier alpha value is -0.610. The van der Waals surface area contributed by atoms with Crippen molar-refractivity contribution in [3.63, 3.8) is 0 Å². The average molecular weight is 268 g/mol. The molecule has 19 heavy (non-hydrogen) atoms. The highest BCUT2D eigenvalue weighted by Gasteiger charge is 2.33. The van der Waals surface area contributed by atoms with Crippen LogP contribution in [0.4, 0.5) is 0 Å². The molecule has 2 aliphatic rings. The van der Waals surface area contributed by atoms with Crippen molar-refractivity contribution in [2.24, 2.45) is 17.6 Å². The molecule has 1 aliphatic heterocycles. The standard InChI is InChI=1S/C15H28N2O2/c1-2-15(16,14(18)19)7-4-8-17-10-12-5-3-6-13(9-12)11-17/h12-13H,2-11,16H2,1H3,(H,18,19). The van der Waals surface area contributed by atoms with Gasteiger partial charge in [0.25, 0.3) is 0 Å². The molecule has 0 amide bonds. The first-order chi connectivity index (χ1) is 9.03. The quantitative estimate of drug-likeness (QED) is 0.774. The van der Waals surface area contributed by atoms with E-state index in [1.165, 1.54) is 38.8 Å². The van der Waals surface area contributed by atoms with Crippen molar-refractivity contribution in [2.45, 2.75) is 57.4 Å². The van der Waals surface area contributed by atoms with E-state index in [-0.39, 0.29) is 0 Å². The monoisotopic (exact) mass is 268 g/mol. The van der Waals surface area contributed by atoms with Crippen LogP contribution < -0.4 is 5.73 Å². The number of carboxylic acids is 1. The summed E-state index contributed by atoms with van der Waals surface area (Å²) in [4.78, 5) is 13.7. The first-order valence-electron chi connectivity index (χ1n) is 7.78. The van der Waals surface area contributed by atoms with E-state index in [0.29, 0.717) is 12.8 Å². The molecule has 1 aliphatic carbocycles. The van der Waals surface area contributed by atoms with Crippen LogP contribution in [-0.4, -0.2) is 41.1 Å². The molecule has 2 fully saturated rings. The molecule has 2 bridgehead atoms. The molecule has 0 aromatic rings. The maximum Gasteiger partial charge on any atom is 0.323 e. The third kappa shape index (κ3) is 3.69. The zero-order valence-corrected chi connectivity index (χ0v) is 12.1. The van der Waals surface area contributed by atoms with Crippen LogP contribution in [0.25, 0.3) is 0 Å². The second kappa shape index (κ2) is 6.23. The summed E-state index contributed by atoms with van der Waals surface area (Å²) in [6.45, 7) is 5.30. The molecular weight excluding hydrogens is 240 g/mol. The van der Waals surface area contributed by atoms with Crippen LogP contribution >= 0.6 is 0 Å². The molecule has 4 heteroatoms. The number of aliphatic carboxylic acids is 1. The van der Waals surface area contributed by atoms with Gasteiger partial charge in [0, 0.05) is 13.1 Å². The minimum Gasteiger partial charge on any atom is -0.480 e. The van der Waals surface area contributed by atoms with E-state index in [2.05, 4.69) is 4.90 Å². The highest BCUT2D eigenvalue weighted by atomic mass is 16.4. The van der Waals surface area contributed by atoms with Crippen molar-refractivity contribution >= 4 is 5.97 Å². The molecule has 0 spiro atoms. The van der Waals surface area contributed by atoms with Gasteiger partial charge in [0.05, 0.1) is 0 Å². The molecule has 4 nitrogen and oxygen atoms in total. The Balaban J connectivity index is 1.75. The number of rotatable bonds is 6. The molecule has 2 rings (SSSR count). The van der Waals surface area contributed by atoms with E-state index in [0.717, 1.165) is 24.8 Å². The van der Waals surface area contributed by atoms with E-state index in [1.807, 2.05) is 6.92 Å². The Morgan fingerprint density at radius 3 is 2.53 bits per heavy atom. The van der Waals surface area contributed by atoms with Gasteiger partial charge in [-0.05, 0) is 56.9 Å². The van der Waals surface area contributed by atoms with Crippen molar-refractivity contribution in [3.05, 3.63) is 0 Å². The molecule has 110 valence electrons. The van der Waals surface area contributed by atoms with Gasteiger partial charge in [-0.2, -0.15) is 0 Å². The summed E-state index contributed by atoms with van der Waals surface area (Å²) in [5.41, 5.74) is 4.91. The van der Waals surface area contributed by atoms with E-state index in [9.17, 15) is 4.79 Å². The fourth-order valence-corrected chi connectivity index (χ4v) is 3.77. The molecule has 3 N–H and O–H groups in total. The lowest BCUT2D eigenvalue weighted by Crippen LogP contribution is -2.48. The largest absolute Gasteiger partial charge is 0.480 e. The topological polar surface area (TPSA) is 66.6 Å². The van der Waals surface area contributed by atoms with Crippen LogP contribution in [0.1, 0.15) is 51.9 Å². The van der Waals surface area contributed by atoms with Crippen LogP contribution in [-0.2, 0) is 4.79 Å². The highest BCUT2D eigenvalue weighted by molar-refractivity contribution is 5.78. The van der Waals surface area contributed by atoms with Gasteiger partial charge in [-0.15, -0.1) is 0 Å². The third-order valence-electron chi connectivity index (χ3n) is 5.08. The van der Waals surface area contributed by atoms with Crippen LogP contribution in [0, 0.1) is 11.8 Å². The molecule has 3 atom stereocenters. The summed E-state index contributed by atoms with van der Waals surface area (Å²) in [7, 11) is 0. The Morgan fingerprint density at radius 1 is 1.37 bits per heavy atom. The fraction of sp³-hybridized carbons (Fsp3) is 0.933. The third-order valence-corrected chi connectivity index (χ3v) is 5.08. The lowest BCUT2D eigenvalue weighted by atomic mass is 9.78. The normalized spacial score (nSPS) is 30.8. The van der Waals surface area contributed by atoms with Crippen LogP contribution in [0.5, 0.6) is 0 Å². The number of hydrogen-bond donors (Lipinski definition) is 2. The van der Waals surface area contributed by atoms with Gasteiger partial charge in [0.2, 0.25) is 0 Å². The molecule has 0 radical (unpaired) electrons. The summed E-state index contributed by atoms with van der Waals surface area (Å²) in [5.74, 6) is 0.923. The summed E-state index contributed by atoms with van der Waals surface area (Å²) in [5, 5.41) is 9.16. The number of carboxylic acid groups (broad SMARTS) is 1. The fourth-order valence-electron chi connectivity index (χ4n) is 3.77. The van der Waals surface area contributed by atoms with Crippen LogP contribution in [0.15, 0.2) is 0 Å². The first kappa shape index (κ1) is 14.8. The van der Waals surface area contributed by atoms with Gasteiger partial charge < -0.3 is 15.7 Å². The van der Waals surface area contributed by atoms with Gasteiger partial charge in [0.15, 0.2) is 0 Å². The summed E-state index contributed by atoms with van der Waals surface area (Å²) in [6, 6.07) is 0. The average Bonchev–Trinajstić information content (AvgIpc) is 2.38. The lowest BCUT2D eigenvalue weighted by molar-refractivity contribution is -0.143. The number of fused-ring (bicyclic) bond motifs is 2. The summed E-state index contributed by atoms with van der Waals surface area (Å²) >= 11 is 0. The number of hydrogen-bond acceptors (Lipinski definition) is 3. The molecule has 0 aromatic carbocycles. The number of nitrogens with zero attached hydrogens (tertiary/aromatic N) is 1. The van der Waals surface area contributed by atoms with Crippen LogP contribution in [0.3, 0.4) is 0 Å². The lowest BCUT2D eigenvalue weighted by Gasteiger charge is -2.41. The Morgan fingerprint density at radius 2 is 2.00 bits per heavy atom. The van der Waals surface area contributed by atoms with Gasteiger partial charge in [0.1, 0.15) is 5.54 Å². The van der Waals surface area contributed by atoms with Crippen molar-refractivity contribution in [1.82, 2.24) is 4.90 Å². The van der Waals surface area contributed by atoms with Crippen LogP contribution in [0.2, 0.25) is 0 Å². The predicted octanol–water partition coefficient (Wildman–Crippen LogP) is 2.08. The maximum absolute atomic E-state index is 11.2. The second-order valence-electron chi connectivity index (χ2n) is 6.58. The molecule has 3 unspecified atom stereocenters. The van der Waals surface area contributed by atoms with Crippen molar-refractivity contribution in [1.29, 1.82) is 0 Å². The predicted molar refractivity (Wildman–Crippen MR) is 76.0 cm³/mol. The molecule has 1 saturated carbocycles. The van der Waals surface area contributed by atoms with E-state index in [4.69, 9.17) is 10.8 Å². The Bertz CT molecular complexity index is 309. The Kier molecular flexibility index (Phi) is 4.85. The first-order valence-corrected chi connectivity index (χ1v) is 7.78. The second-order valence-corrected chi connectivity index (χ2v) is 6.58. The van der Waals surface area contributed by atoms with E-state index in [1.54, 1.807) is 0 Å². The van der Waals surface area contributed by atoms with E-state index < -0.39 is 11.5 Å². The number of carbonyl (C=O) groups is 1. The van der Waals surface area contributed by atoms with Gasteiger partial charge >= 0.3 is 5.97 Å². The Labute approximate surface area is 116 Å². The molecular formula is C15H28N2O2. The molecule has 1 heterocycles. The van der Waals surface area contributed by atoms with Crippen molar-refractivity contribution in [3.8, 4) is 0 Å². The van der Waals surface area contributed by atoms with Gasteiger partial charge in [-0.3, -0.25) is 4.79 Å². The zero-order chi connectivity index (χ0) is 13.9. The van der Waals surface area contributed by atoms with Gasteiger partial charge in [-0.1, -0.05) is 13.3 Å².